The van der Waals surface area contributed by atoms with E-state index in [4.69, 9.17) is 16.0 Å². The third kappa shape index (κ3) is 1.31. The van der Waals surface area contributed by atoms with Gasteiger partial charge in [0.05, 0.1) is 8.96 Å². The first-order chi connectivity index (χ1) is 5.81. The van der Waals surface area contributed by atoms with E-state index in [1.807, 2.05) is 6.07 Å². The lowest BCUT2D eigenvalue weighted by Gasteiger charge is -1.92. The van der Waals surface area contributed by atoms with E-state index < -0.39 is 0 Å². The fourth-order valence-corrected chi connectivity index (χ4v) is 1.66. The third-order valence-corrected chi connectivity index (χ3v) is 2.74. The van der Waals surface area contributed by atoms with Crippen molar-refractivity contribution in [2.24, 2.45) is 0 Å². The second kappa shape index (κ2) is 3.22. The Morgan fingerprint density at radius 1 is 1.58 bits per heavy atom. The number of rotatable bonds is 1. The lowest BCUT2D eigenvalue weighted by atomic mass is 10.2. The summed E-state index contributed by atoms with van der Waals surface area (Å²) in [5, 5.41) is 1.04. The summed E-state index contributed by atoms with van der Waals surface area (Å²) >= 11 is 7.88. The summed E-state index contributed by atoms with van der Waals surface area (Å²) < 4.78 is 6.26. The van der Waals surface area contributed by atoms with E-state index in [1.165, 1.54) is 0 Å². The first kappa shape index (κ1) is 8.31. The summed E-state index contributed by atoms with van der Waals surface area (Å²) in [6, 6.07) is 2.00. The van der Waals surface area contributed by atoms with Gasteiger partial charge in [0.25, 0.3) is 0 Å². The molecule has 0 spiro atoms. The molecule has 0 aliphatic heterocycles. The van der Waals surface area contributed by atoms with Gasteiger partial charge < -0.3 is 4.42 Å². The fourth-order valence-electron chi connectivity index (χ4n) is 1.00. The molecule has 0 aromatic carbocycles. The van der Waals surface area contributed by atoms with Gasteiger partial charge in [-0.2, -0.15) is 0 Å². The van der Waals surface area contributed by atoms with Crippen LogP contribution in [-0.2, 0) is 5.88 Å². The molecule has 0 radical (unpaired) electrons. The highest BCUT2D eigenvalue weighted by atomic mass is 127. The number of alkyl halides is 1. The Morgan fingerprint density at radius 2 is 2.42 bits per heavy atom. The van der Waals surface area contributed by atoms with Gasteiger partial charge in [-0.05, 0) is 34.2 Å². The molecule has 2 aromatic heterocycles. The Hall–Kier alpha value is -0.290. The highest BCUT2D eigenvalue weighted by Gasteiger charge is 2.04. The quantitative estimate of drug-likeness (QED) is 0.596. The summed E-state index contributed by atoms with van der Waals surface area (Å²) in [6.07, 6.45) is 3.42. The molecule has 0 amide bonds. The molecule has 0 saturated carbocycles. The molecule has 0 aliphatic rings. The normalized spacial score (nSPS) is 10.8. The van der Waals surface area contributed by atoms with Gasteiger partial charge in [0.15, 0.2) is 0 Å². The van der Waals surface area contributed by atoms with Crippen LogP contribution in [0.1, 0.15) is 5.56 Å². The Balaban J connectivity index is 2.71. The summed E-state index contributed by atoms with van der Waals surface area (Å²) in [6.45, 7) is 0. The zero-order valence-electron chi connectivity index (χ0n) is 6.05. The monoisotopic (exact) mass is 293 g/mol. The van der Waals surface area contributed by atoms with Gasteiger partial charge in [0, 0.05) is 12.1 Å². The van der Waals surface area contributed by atoms with Crippen LogP contribution in [0, 0.1) is 3.57 Å². The van der Waals surface area contributed by atoms with Crippen molar-refractivity contribution in [3.8, 4) is 0 Å². The summed E-state index contributed by atoms with van der Waals surface area (Å²) in [4.78, 5) is 4.12. The number of furan rings is 1. The first-order valence-electron chi connectivity index (χ1n) is 3.39. The maximum atomic E-state index is 5.67. The summed E-state index contributed by atoms with van der Waals surface area (Å²) in [7, 11) is 0. The van der Waals surface area contributed by atoms with E-state index in [1.54, 1.807) is 12.5 Å². The molecule has 2 heterocycles. The van der Waals surface area contributed by atoms with Crippen LogP contribution in [0.15, 0.2) is 22.9 Å². The Labute approximate surface area is 88.1 Å². The van der Waals surface area contributed by atoms with Crippen molar-refractivity contribution < 1.29 is 4.42 Å². The molecule has 2 aromatic rings. The molecular weight excluding hydrogens is 288 g/mol. The van der Waals surface area contributed by atoms with Gasteiger partial charge >= 0.3 is 0 Å². The standard InChI is InChI=1S/C8H5ClINO/c9-2-5-1-6-7(10)4-12-8(6)11-3-5/h1,3-4H,2H2. The number of aromatic nitrogens is 1. The van der Waals surface area contributed by atoms with Crippen LogP contribution in [0.25, 0.3) is 11.1 Å². The molecule has 0 N–H and O–H groups in total. The topological polar surface area (TPSA) is 26.0 Å². The maximum Gasteiger partial charge on any atom is 0.226 e. The fraction of sp³-hybridized carbons (Fsp3) is 0.125. The molecule has 4 heteroatoms. The highest BCUT2D eigenvalue weighted by molar-refractivity contribution is 14.1. The van der Waals surface area contributed by atoms with Gasteiger partial charge in [-0.1, -0.05) is 0 Å². The number of hydrogen-bond acceptors (Lipinski definition) is 2. The summed E-state index contributed by atoms with van der Waals surface area (Å²) in [5.74, 6) is 0.490. The largest absolute Gasteiger partial charge is 0.445 e. The minimum Gasteiger partial charge on any atom is -0.445 e. The molecule has 0 fully saturated rings. The van der Waals surface area contributed by atoms with Crippen molar-refractivity contribution in [1.29, 1.82) is 0 Å². The average Bonchev–Trinajstić information content (AvgIpc) is 2.47. The summed E-state index contributed by atoms with van der Waals surface area (Å²) in [5.41, 5.74) is 1.69. The van der Waals surface area contributed by atoms with Crippen LogP contribution in [0.4, 0.5) is 0 Å². The lowest BCUT2D eigenvalue weighted by molar-refractivity contribution is 0.601. The van der Waals surface area contributed by atoms with Gasteiger partial charge in [0.2, 0.25) is 5.71 Å². The van der Waals surface area contributed by atoms with E-state index in [0.29, 0.717) is 11.6 Å². The Morgan fingerprint density at radius 3 is 3.17 bits per heavy atom. The molecule has 2 rings (SSSR count). The molecule has 0 atom stereocenters. The molecule has 62 valence electrons. The van der Waals surface area contributed by atoms with Crippen LogP contribution < -0.4 is 0 Å². The number of halogens is 2. The van der Waals surface area contributed by atoms with Crippen LogP contribution in [-0.4, -0.2) is 4.98 Å². The second-order valence-electron chi connectivity index (χ2n) is 2.41. The average molecular weight is 293 g/mol. The Bertz CT molecular complexity index is 412. The van der Waals surface area contributed by atoms with Gasteiger partial charge in [-0.3, -0.25) is 0 Å². The van der Waals surface area contributed by atoms with Gasteiger partial charge in [-0.25, -0.2) is 4.98 Å². The zero-order valence-corrected chi connectivity index (χ0v) is 8.96. The van der Waals surface area contributed by atoms with E-state index >= 15 is 0 Å². The number of hydrogen-bond donors (Lipinski definition) is 0. The minimum absolute atomic E-state index is 0.490. The maximum absolute atomic E-state index is 5.67. The van der Waals surface area contributed by atoms with Crippen LogP contribution in [0.5, 0.6) is 0 Å². The molecule has 0 aliphatic carbocycles. The highest BCUT2D eigenvalue weighted by Crippen LogP contribution is 2.22. The van der Waals surface area contributed by atoms with Crippen molar-refractivity contribution in [3.63, 3.8) is 0 Å². The molecule has 0 unspecified atom stereocenters. The van der Waals surface area contributed by atoms with Crippen LogP contribution in [0.3, 0.4) is 0 Å². The van der Waals surface area contributed by atoms with Crippen molar-refractivity contribution in [1.82, 2.24) is 4.98 Å². The third-order valence-electron chi connectivity index (χ3n) is 1.59. The predicted octanol–water partition coefficient (Wildman–Crippen LogP) is 3.17. The van der Waals surface area contributed by atoms with E-state index in [0.717, 1.165) is 14.5 Å². The first-order valence-corrected chi connectivity index (χ1v) is 5.00. The predicted molar refractivity (Wildman–Crippen MR) is 56.3 cm³/mol. The van der Waals surface area contributed by atoms with Crippen molar-refractivity contribution >= 4 is 45.3 Å². The number of pyridine rings is 1. The molecule has 0 saturated heterocycles. The smallest absolute Gasteiger partial charge is 0.226 e. The second-order valence-corrected chi connectivity index (χ2v) is 3.84. The van der Waals surface area contributed by atoms with Crippen LogP contribution >= 0.6 is 34.2 Å². The minimum atomic E-state index is 0.490. The molecule has 2 nitrogen and oxygen atoms in total. The lowest BCUT2D eigenvalue weighted by Crippen LogP contribution is -1.80. The van der Waals surface area contributed by atoms with E-state index in [9.17, 15) is 0 Å². The molecule has 0 bridgehead atoms. The SMILES string of the molecule is ClCc1cnc2occ(I)c2c1. The van der Waals surface area contributed by atoms with E-state index in [2.05, 4.69) is 27.6 Å². The molecular formula is C8H5ClINO. The zero-order chi connectivity index (χ0) is 8.55. The number of nitrogens with zero attached hydrogens (tertiary/aromatic N) is 1. The van der Waals surface area contributed by atoms with Crippen molar-refractivity contribution in [2.45, 2.75) is 5.88 Å². The number of fused-ring (bicyclic) bond motifs is 1. The Kier molecular flexibility index (Phi) is 2.23. The van der Waals surface area contributed by atoms with E-state index in [-0.39, 0.29) is 0 Å². The van der Waals surface area contributed by atoms with Crippen molar-refractivity contribution in [2.75, 3.05) is 0 Å². The van der Waals surface area contributed by atoms with Crippen LogP contribution in [0.2, 0.25) is 0 Å². The van der Waals surface area contributed by atoms with Crippen molar-refractivity contribution in [3.05, 3.63) is 27.7 Å². The van der Waals surface area contributed by atoms with Gasteiger partial charge in [0.1, 0.15) is 6.26 Å². The van der Waals surface area contributed by atoms with Gasteiger partial charge in [-0.15, -0.1) is 11.6 Å². The molecule has 12 heavy (non-hydrogen) atoms.